The molecule has 12 nitrogen and oxygen atoms in total. The van der Waals surface area contributed by atoms with Crippen LogP contribution >= 0.6 is 0 Å². The zero-order chi connectivity index (χ0) is 59.1. The molecule has 10 aromatic heterocycles. The van der Waals surface area contributed by atoms with Crippen molar-refractivity contribution in [2.75, 3.05) is 0 Å². The molecule has 12 heteroatoms. The summed E-state index contributed by atoms with van der Waals surface area (Å²) in [6.45, 7) is 44.5. The summed E-state index contributed by atoms with van der Waals surface area (Å²) in [5.41, 5.74) is 18.0. The van der Waals surface area contributed by atoms with Gasteiger partial charge in [-0.1, -0.05) is 132 Å². The van der Waals surface area contributed by atoms with E-state index in [1.807, 2.05) is 273 Å². The van der Waals surface area contributed by atoms with Crippen molar-refractivity contribution in [3.05, 3.63) is 203 Å². The molecule has 78 heavy (non-hydrogen) atoms. The first-order valence-electron chi connectivity index (χ1n) is 28.1. The van der Waals surface area contributed by atoms with Gasteiger partial charge in [-0.2, -0.15) is 0 Å². The number of para-hydroxylation sites is 4. The van der Waals surface area contributed by atoms with Crippen LogP contribution in [0.4, 0.5) is 0 Å². The fourth-order valence-corrected chi connectivity index (χ4v) is 7.48. The van der Waals surface area contributed by atoms with Crippen LogP contribution < -0.4 is 0 Å². The molecular weight excluding hydrogens is 961 g/mol. The molecule has 2 aromatic carbocycles. The number of rotatable bonds is 0. The standard InChI is InChI=1S/6C9H10N2.6C2H6/c2*1-7-10-8-5-3-4-6-9(8)11(7)2;4*1-7-8(2)11-6-4-3-5-9(11)10-7;6*1-2/h6*3-6H,1-2H3;6*1-2H3. The minimum atomic E-state index is 1.03. The van der Waals surface area contributed by atoms with Crippen LogP contribution in [-0.4, -0.2) is 56.6 Å². The Hall–Kier alpha value is -7.86. The molecule has 0 saturated carbocycles. The van der Waals surface area contributed by atoms with Crippen molar-refractivity contribution in [2.45, 2.75) is 152 Å². The predicted octanol–water partition coefficient (Wildman–Crippen LogP) is 17.7. The maximum atomic E-state index is 4.38. The van der Waals surface area contributed by atoms with E-state index in [1.54, 1.807) is 0 Å². The highest BCUT2D eigenvalue weighted by molar-refractivity contribution is 5.76. The SMILES string of the molecule is CC.CC.CC.CC.CC.CC.Cc1nc2ccccc2n1C.Cc1nc2ccccc2n1C.Cc1nc2ccccn2c1C.Cc1nc2ccccn2c1C.Cc1nc2ccccn2c1C.Cc1nc2ccccn2c1C. The van der Waals surface area contributed by atoms with Crippen LogP contribution in [0.15, 0.2) is 146 Å². The molecule has 0 bridgehead atoms. The van der Waals surface area contributed by atoms with Crippen LogP contribution in [0.1, 0.15) is 140 Å². The summed E-state index contributed by atoms with van der Waals surface area (Å²) in [6, 6.07) is 40.4. The lowest BCUT2D eigenvalue weighted by Crippen LogP contribution is -1.89. The van der Waals surface area contributed by atoms with Gasteiger partial charge in [0.25, 0.3) is 0 Å². The molecule has 12 rings (SSSR count). The van der Waals surface area contributed by atoms with Crippen molar-refractivity contribution in [3.63, 3.8) is 0 Å². The molecule has 0 radical (unpaired) electrons. The summed E-state index contributed by atoms with van der Waals surface area (Å²) in [5, 5.41) is 0. The number of aromatic nitrogens is 12. The molecule has 0 aliphatic heterocycles. The fourth-order valence-electron chi connectivity index (χ4n) is 7.48. The predicted molar refractivity (Wildman–Crippen MR) is 338 cm³/mol. The van der Waals surface area contributed by atoms with E-state index in [4.69, 9.17) is 0 Å². The molecule has 0 amide bonds. The Labute approximate surface area is 469 Å². The number of fused-ring (bicyclic) bond motifs is 6. The molecule has 0 unspecified atom stereocenters. The van der Waals surface area contributed by atoms with Crippen molar-refractivity contribution in [2.24, 2.45) is 14.1 Å². The van der Waals surface area contributed by atoms with Gasteiger partial charge in [0.15, 0.2) is 0 Å². The van der Waals surface area contributed by atoms with Crippen molar-refractivity contribution in [1.82, 2.24) is 56.6 Å². The zero-order valence-electron chi connectivity index (χ0n) is 52.2. The van der Waals surface area contributed by atoms with Crippen LogP contribution in [0.5, 0.6) is 0 Å². The number of aryl methyl sites for hydroxylation is 12. The molecule has 420 valence electrons. The Morgan fingerprint density at radius 2 is 0.462 bits per heavy atom. The molecule has 0 aliphatic carbocycles. The average Bonchev–Trinajstić information content (AvgIpc) is 4.30. The van der Waals surface area contributed by atoms with E-state index in [2.05, 4.69) is 96.5 Å². The maximum Gasteiger partial charge on any atom is 0.137 e. The van der Waals surface area contributed by atoms with Gasteiger partial charge in [-0.25, -0.2) is 29.9 Å². The molecule has 0 saturated heterocycles. The largest absolute Gasteiger partial charge is 0.331 e. The summed E-state index contributed by atoms with van der Waals surface area (Å²) in [5.74, 6) is 2.12. The van der Waals surface area contributed by atoms with E-state index < -0.39 is 0 Å². The number of imidazole rings is 6. The van der Waals surface area contributed by atoms with Gasteiger partial charge < -0.3 is 26.7 Å². The van der Waals surface area contributed by atoms with E-state index in [-0.39, 0.29) is 0 Å². The highest BCUT2D eigenvalue weighted by Crippen LogP contribution is 2.15. The first-order valence-corrected chi connectivity index (χ1v) is 28.1. The van der Waals surface area contributed by atoms with E-state index in [9.17, 15) is 0 Å². The Morgan fingerprint density at radius 1 is 0.256 bits per heavy atom. The van der Waals surface area contributed by atoms with E-state index in [0.29, 0.717) is 0 Å². The third-order valence-electron chi connectivity index (χ3n) is 12.0. The number of benzene rings is 2. The van der Waals surface area contributed by atoms with Crippen LogP contribution in [0.3, 0.4) is 0 Å². The van der Waals surface area contributed by atoms with E-state index >= 15 is 0 Å². The van der Waals surface area contributed by atoms with Crippen molar-refractivity contribution < 1.29 is 0 Å². The van der Waals surface area contributed by atoms with Crippen molar-refractivity contribution in [3.8, 4) is 0 Å². The molecular formula is C66H96N12. The summed E-state index contributed by atoms with van der Waals surface area (Å²) in [6.07, 6.45) is 8.13. The molecule has 0 N–H and O–H groups in total. The zero-order valence-corrected chi connectivity index (χ0v) is 52.2. The minimum Gasteiger partial charge on any atom is -0.331 e. The highest BCUT2D eigenvalue weighted by Gasteiger charge is 2.05. The van der Waals surface area contributed by atoms with E-state index in [0.717, 1.165) is 68.0 Å². The monoisotopic (exact) mass is 1060 g/mol. The third-order valence-corrected chi connectivity index (χ3v) is 12.0. The lowest BCUT2D eigenvalue weighted by molar-refractivity contribution is 0.886. The Kier molecular flexibility index (Phi) is 31.7. The van der Waals surface area contributed by atoms with Crippen LogP contribution in [0, 0.1) is 69.2 Å². The molecule has 0 aliphatic rings. The molecule has 12 aromatic rings. The number of pyridine rings is 4. The lowest BCUT2D eigenvalue weighted by Gasteiger charge is -1.93. The van der Waals surface area contributed by atoms with Gasteiger partial charge in [-0.05, 0) is 142 Å². The van der Waals surface area contributed by atoms with Crippen molar-refractivity contribution in [1.29, 1.82) is 0 Å². The first-order chi connectivity index (χ1) is 37.7. The second kappa shape index (κ2) is 36.2. The average molecular weight is 1060 g/mol. The van der Waals surface area contributed by atoms with E-state index in [1.165, 1.54) is 33.8 Å². The van der Waals surface area contributed by atoms with Gasteiger partial charge in [0.1, 0.15) is 34.2 Å². The van der Waals surface area contributed by atoms with Gasteiger partial charge >= 0.3 is 0 Å². The second-order valence-electron chi connectivity index (χ2n) is 16.3. The summed E-state index contributed by atoms with van der Waals surface area (Å²) in [4.78, 5) is 26.3. The van der Waals surface area contributed by atoms with Crippen LogP contribution in [0.25, 0.3) is 44.7 Å². The smallest absolute Gasteiger partial charge is 0.137 e. The highest BCUT2D eigenvalue weighted by atomic mass is 15.1. The van der Waals surface area contributed by atoms with Crippen molar-refractivity contribution >= 4 is 44.7 Å². The second-order valence-corrected chi connectivity index (χ2v) is 16.3. The number of nitrogens with zero attached hydrogens (tertiary/aromatic N) is 12. The normalized spacial score (nSPS) is 9.54. The number of hydrogen-bond donors (Lipinski definition) is 0. The van der Waals surface area contributed by atoms with Gasteiger partial charge in [0.2, 0.25) is 0 Å². The molecule has 0 spiro atoms. The van der Waals surface area contributed by atoms with Crippen LogP contribution in [0.2, 0.25) is 0 Å². The Bertz CT molecular complexity index is 2930. The minimum absolute atomic E-state index is 1.03. The third kappa shape index (κ3) is 18.1. The molecule has 0 fully saturated rings. The Morgan fingerprint density at radius 3 is 0.667 bits per heavy atom. The Balaban J connectivity index is 0.000000450. The van der Waals surface area contributed by atoms with Gasteiger partial charge in [-0.15, -0.1) is 0 Å². The first kappa shape index (κ1) is 68.2. The number of hydrogen-bond acceptors (Lipinski definition) is 6. The fraction of sp³-hybridized carbons (Fsp3) is 0.364. The maximum absolute atomic E-state index is 4.38. The molecule has 0 atom stereocenters. The molecule has 10 heterocycles. The van der Waals surface area contributed by atoms with Gasteiger partial charge in [-0.3, -0.25) is 0 Å². The van der Waals surface area contributed by atoms with Gasteiger partial charge in [0, 0.05) is 61.7 Å². The quantitative estimate of drug-likeness (QED) is 0.150. The summed E-state index contributed by atoms with van der Waals surface area (Å²) >= 11 is 0. The summed E-state index contributed by atoms with van der Waals surface area (Å²) in [7, 11) is 4.06. The van der Waals surface area contributed by atoms with Crippen LogP contribution in [-0.2, 0) is 14.1 Å². The topological polar surface area (TPSA) is 105 Å². The van der Waals surface area contributed by atoms with Gasteiger partial charge in [0.05, 0.1) is 44.8 Å². The lowest BCUT2D eigenvalue weighted by atomic mass is 10.3. The summed E-state index contributed by atoms with van der Waals surface area (Å²) < 4.78 is 12.6.